The van der Waals surface area contributed by atoms with E-state index in [9.17, 15) is 9.59 Å². The number of hydrogen-bond acceptors (Lipinski definition) is 3. The second-order valence-corrected chi connectivity index (χ2v) is 1.60. The predicted molar refractivity (Wildman–Crippen MR) is 35.9 cm³/mol. The van der Waals surface area contributed by atoms with Crippen LogP contribution in [0.5, 0.6) is 0 Å². The third-order valence-electron chi connectivity index (χ3n) is 0.402. The summed E-state index contributed by atoms with van der Waals surface area (Å²) < 4.78 is 22.8. The molecule has 0 aliphatic carbocycles. The Labute approximate surface area is 90.4 Å². The molecule has 0 spiro atoms. The van der Waals surface area contributed by atoms with Crippen LogP contribution >= 0.6 is 0 Å². The third-order valence-corrected chi connectivity index (χ3v) is 0.402. The van der Waals surface area contributed by atoms with Gasteiger partial charge in [0.25, 0.3) is 11.4 Å². The molecule has 0 unspecified atom stereocenters. The number of carbonyl (C=O) groups is 2. The van der Waals surface area contributed by atoms with E-state index in [0.29, 0.717) is 12.8 Å². The minimum absolute atomic E-state index is 0. The molecule has 0 aliphatic heterocycles. The molecule has 0 heterocycles. The van der Waals surface area contributed by atoms with Crippen molar-refractivity contribution in [2.24, 2.45) is 0 Å². The quantitative estimate of drug-likeness (QED) is 0.215. The minimum atomic E-state index is -2.61. The number of hydrogen-bond donors (Lipinski definition) is 2. The first-order valence-corrected chi connectivity index (χ1v) is 3.38. The molecule has 0 aliphatic rings. The van der Waals surface area contributed by atoms with Gasteiger partial charge >= 0.3 is 29.6 Å². The first-order valence-electron chi connectivity index (χ1n) is 2.32. The SMILES string of the molecule is O=CCCC=O.O=S(O)O.[H-].[Na+]. The van der Waals surface area contributed by atoms with Gasteiger partial charge in [0.15, 0.2) is 0 Å². The molecule has 0 fully saturated rings. The first-order chi connectivity index (χ1) is 4.65. The molecule has 0 rings (SSSR count). The minimum Gasteiger partial charge on any atom is -1.00 e. The van der Waals surface area contributed by atoms with Gasteiger partial charge in [-0.15, -0.1) is 0 Å². The summed E-state index contributed by atoms with van der Waals surface area (Å²) in [5, 5.41) is 0. The van der Waals surface area contributed by atoms with Crippen LogP contribution in [0.3, 0.4) is 0 Å². The summed E-state index contributed by atoms with van der Waals surface area (Å²) >= 11 is -2.61. The van der Waals surface area contributed by atoms with Gasteiger partial charge in [0.1, 0.15) is 12.6 Å². The Bertz CT molecular complexity index is 110. The summed E-state index contributed by atoms with van der Waals surface area (Å²) in [5.74, 6) is 0. The maximum Gasteiger partial charge on any atom is 1.00 e. The van der Waals surface area contributed by atoms with Gasteiger partial charge < -0.3 is 11.0 Å². The zero-order chi connectivity index (χ0) is 8.41. The van der Waals surface area contributed by atoms with Crippen molar-refractivity contribution in [2.75, 3.05) is 0 Å². The van der Waals surface area contributed by atoms with E-state index in [-0.39, 0.29) is 31.0 Å². The fourth-order valence-corrected chi connectivity index (χ4v) is 0.136. The fourth-order valence-electron chi connectivity index (χ4n) is 0.136. The molecule has 11 heavy (non-hydrogen) atoms. The van der Waals surface area contributed by atoms with Crippen molar-refractivity contribution in [1.29, 1.82) is 0 Å². The van der Waals surface area contributed by atoms with Crippen molar-refractivity contribution in [1.82, 2.24) is 0 Å². The van der Waals surface area contributed by atoms with E-state index in [1.54, 1.807) is 0 Å². The van der Waals surface area contributed by atoms with Gasteiger partial charge in [0.05, 0.1) is 0 Å². The van der Waals surface area contributed by atoms with Crippen LogP contribution in [0, 0.1) is 0 Å². The van der Waals surface area contributed by atoms with E-state index in [0.717, 1.165) is 12.6 Å². The standard InChI is InChI=1S/C4H6O2.Na.H2O3S.H/c5-3-1-2-4-6;;1-4(2)3;/h3-4H,1-2H2;;(H2,1,2,3);/q;+1;;-1. The molecule has 0 aromatic heterocycles. The van der Waals surface area contributed by atoms with Crippen LogP contribution in [0.1, 0.15) is 14.3 Å². The first kappa shape index (κ1) is 17.5. The summed E-state index contributed by atoms with van der Waals surface area (Å²) in [6, 6.07) is 0. The molecule has 2 N–H and O–H groups in total. The Morgan fingerprint density at radius 3 is 1.45 bits per heavy atom. The number of carbonyl (C=O) groups excluding carboxylic acids is 2. The Morgan fingerprint density at radius 2 is 1.36 bits per heavy atom. The normalized spacial score (nSPS) is 7.18. The fraction of sp³-hybridized carbons (Fsp3) is 0.500. The summed E-state index contributed by atoms with van der Waals surface area (Å²) in [4.78, 5) is 18.8. The molecule has 0 radical (unpaired) electrons. The molecule has 0 amide bonds. The molecule has 62 valence electrons. The average Bonchev–Trinajstić information content (AvgIpc) is 1.82. The largest absolute Gasteiger partial charge is 1.00 e. The maximum atomic E-state index is 9.40. The third kappa shape index (κ3) is 63.3. The summed E-state index contributed by atoms with van der Waals surface area (Å²) in [6.07, 6.45) is 2.19. The van der Waals surface area contributed by atoms with Crippen LogP contribution in [0.2, 0.25) is 0 Å². The molecule has 5 nitrogen and oxygen atoms in total. The number of unbranched alkanes of at least 4 members (excludes halogenated alkanes) is 1. The zero-order valence-corrected chi connectivity index (χ0v) is 8.91. The molecular formula is C4H9NaO5S. The van der Waals surface area contributed by atoms with E-state index < -0.39 is 11.4 Å². The number of aldehydes is 2. The van der Waals surface area contributed by atoms with E-state index in [1.807, 2.05) is 0 Å². The smallest absolute Gasteiger partial charge is 1.00 e. The molecule has 0 atom stereocenters. The molecule has 0 aromatic rings. The van der Waals surface area contributed by atoms with Crippen LogP contribution < -0.4 is 29.6 Å². The van der Waals surface area contributed by atoms with Crippen LogP contribution in [-0.2, 0) is 21.0 Å². The Kier molecular flexibility index (Phi) is 26.7. The van der Waals surface area contributed by atoms with Crippen LogP contribution in [0.15, 0.2) is 0 Å². The van der Waals surface area contributed by atoms with Crippen molar-refractivity contribution >= 4 is 23.9 Å². The van der Waals surface area contributed by atoms with Gasteiger partial charge in [-0.25, -0.2) is 0 Å². The van der Waals surface area contributed by atoms with Crippen molar-refractivity contribution in [2.45, 2.75) is 12.8 Å². The summed E-state index contributed by atoms with van der Waals surface area (Å²) in [5.41, 5.74) is 0. The van der Waals surface area contributed by atoms with Crippen LogP contribution in [-0.4, -0.2) is 25.9 Å². The zero-order valence-electron chi connectivity index (χ0n) is 7.10. The molecular weight excluding hydrogens is 183 g/mol. The molecule has 0 aromatic carbocycles. The number of rotatable bonds is 3. The topological polar surface area (TPSA) is 91.7 Å². The van der Waals surface area contributed by atoms with E-state index in [4.69, 9.17) is 13.3 Å². The van der Waals surface area contributed by atoms with Crippen molar-refractivity contribution in [3.63, 3.8) is 0 Å². The summed E-state index contributed by atoms with van der Waals surface area (Å²) in [6.45, 7) is 0. The molecule has 0 saturated carbocycles. The van der Waals surface area contributed by atoms with E-state index in [2.05, 4.69) is 0 Å². The van der Waals surface area contributed by atoms with Gasteiger partial charge in [-0.2, -0.15) is 4.21 Å². The van der Waals surface area contributed by atoms with Gasteiger partial charge in [-0.05, 0) is 0 Å². The molecule has 0 saturated heterocycles. The Balaban J connectivity index is -0.0000000483. The van der Waals surface area contributed by atoms with Gasteiger partial charge in [-0.3, -0.25) is 9.11 Å². The molecule has 0 bridgehead atoms. The van der Waals surface area contributed by atoms with Gasteiger partial charge in [0.2, 0.25) is 0 Å². The monoisotopic (exact) mass is 192 g/mol. The Morgan fingerprint density at radius 1 is 1.18 bits per heavy atom. The van der Waals surface area contributed by atoms with Crippen molar-refractivity contribution < 1.29 is 53.9 Å². The maximum absolute atomic E-state index is 9.40. The van der Waals surface area contributed by atoms with Crippen LogP contribution in [0.25, 0.3) is 0 Å². The Hall–Kier alpha value is 0.410. The predicted octanol–water partition coefficient (Wildman–Crippen LogP) is -3.04. The van der Waals surface area contributed by atoms with E-state index in [1.165, 1.54) is 0 Å². The van der Waals surface area contributed by atoms with Crippen LogP contribution in [0.4, 0.5) is 0 Å². The molecule has 7 heteroatoms. The van der Waals surface area contributed by atoms with Gasteiger partial charge in [-0.1, -0.05) is 0 Å². The summed E-state index contributed by atoms with van der Waals surface area (Å²) in [7, 11) is 0. The van der Waals surface area contributed by atoms with Gasteiger partial charge in [0, 0.05) is 12.8 Å². The second kappa shape index (κ2) is 16.8. The second-order valence-electron chi connectivity index (χ2n) is 1.14. The van der Waals surface area contributed by atoms with E-state index >= 15 is 0 Å². The van der Waals surface area contributed by atoms with Crippen molar-refractivity contribution in [3.8, 4) is 0 Å². The van der Waals surface area contributed by atoms with Crippen molar-refractivity contribution in [3.05, 3.63) is 0 Å². The average molecular weight is 192 g/mol.